The topological polar surface area (TPSA) is 73.8 Å². The van der Waals surface area contributed by atoms with Gasteiger partial charge in [-0.2, -0.15) is 0 Å². The quantitative estimate of drug-likeness (QED) is 0.0593. The molecule has 0 aromatic carbocycles. The lowest BCUT2D eigenvalue weighted by molar-refractivity contribution is 0.0815. The molecule has 12 heteroatoms. The van der Waals surface area contributed by atoms with E-state index < -0.39 is 34.2 Å². The lowest BCUT2D eigenvalue weighted by Crippen LogP contribution is -2.74. The molecule has 1 heterocycles. The zero-order valence-corrected chi connectivity index (χ0v) is 34.2. The first-order valence-corrected chi connectivity index (χ1v) is 27.4. The summed E-state index contributed by atoms with van der Waals surface area (Å²) >= 11 is 0. The molecule has 0 unspecified atom stereocenters. The second-order valence-electron chi connectivity index (χ2n) is 12.7. The van der Waals surface area contributed by atoms with E-state index in [0.29, 0.717) is 51.3 Å². The van der Waals surface area contributed by atoms with E-state index in [2.05, 4.69) is 55.4 Å². The van der Waals surface area contributed by atoms with Crippen molar-refractivity contribution in [1.82, 2.24) is 0 Å². The van der Waals surface area contributed by atoms with E-state index in [9.17, 15) is 0 Å². The molecule has 0 aliphatic carbocycles. The molecule has 0 amide bonds. The Kier molecular flexibility index (Phi) is 23.9. The zero-order chi connectivity index (χ0) is 32.6. The molecule has 0 atom stereocenters. The van der Waals surface area contributed by atoms with Crippen LogP contribution in [0, 0.1) is 0 Å². The average Bonchev–Trinajstić information content (AvgIpc) is 2.98. The smallest absolute Gasteiger partial charge is 0.347 e. The minimum Gasteiger partial charge on any atom is -0.413 e. The maximum Gasteiger partial charge on any atom is 0.347 e. The highest BCUT2D eigenvalue weighted by Gasteiger charge is 2.62. The third kappa shape index (κ3) is 15.6. The van der Waals surface area contributed by atoms with E-state index in [1.807, 2.05) is 0 Å². The Morgan fingerprint density at radius 3 is 0.682 bits per heavy atom. The predicted octanol–water partition coefficient (Wildman–Crippen LogP) is 8.90. The number of hydrogen-bond donors (Lipinski definition) is 0. The van der Waals surface area contributed by atoms with E-state index in [-0.39, 0.29) is 0 Å². The molecule has 0 aromatic rings. The van der Waals surface area contributed by atoms with Crippen molar-refractivity contribution in [3.8, 4) is 0 Å². The average molecular weight is 697 g/mol. The standard InChI is InChI=1S/C32H72O8Si4/c1-9-17-21-33-29-41(25-13-5)37-42(26-14-6,30-34-22-18-10-2)39-44(28-16-8,32-36-24-20-12-4)40-43(38-41,27-15-7)31-35-23-19-11-3/h9-32H2,1-8H3. The summed E-state index contributed by atoms with van der Waals surface area (Å²) in [5.74, 6) is 0. The van der Waals surface area contributed by atoms with Crippen molar-refractivity contribution in [1.29, 1.82) is 0 Å². The van der Waals surface area contributed by atoms with E-state index in [1.165, 1.54) is 0 Å². The summed E-state index contributed by atoms with van der Waals surface area (Å²) in [7, 11) is -11.8. The molecular formula is C32H72O8Si4. The Morgan fingerprint density at radius 2 is 0.523 bits per heavy atom. The van der Waals surface area contributed by atoms with E-state index in [0.717, 1.165) is 101 Å². The molecule has 8 nitrogen and oxygen atoms in total. The van der Waals surface area contributed by atoms with Crippen molar-refractivity contribution in [2.45, 2.75) is 157 Å². The fourth-order valence-electron chi connectivity index (χ4n) is 5.79. The Hall–Kier alpha value is 0.548. The van der Waals surface area contributed by atoms with E-state index >= 15 is 0 Å². The molecule has 0 saturated carbocycles. The largest absolute Gasteiger partial charge is 0.413 e. The van der Waals surface area contributed by atoms with Gasteiger partial charge in [0.2, 0.25) is 0 Å². The van der Waals surface area contributed by atoms with Crippen molar-refractivity contribution >= 4 is 34.2 Å². The maximum atomic E-state index is 7.63. The summed E-state index contributed by atoms with van der Waals surface area (Å²) in [5, 5.41) is 0. The highest BCUT2D eigenvalue weighted by atomic mass is 28.5. The Morgan fingerprint density at radius 1 is 0.318 bits per heavy atom. The van der Waals surface area contributed by atoms with Crippen LogP contribution >= 0.6 is 0 Å². The third-order valence-corrected chi connectivity index (χ3v) is 27.4. The molecule has 1 rings (SSSR count). The van der Waals surface area contributed by atoms with Crippen LogP contribution in [0.3, 0.4) is 0 Å². The van der Waals surface area contributed by atoms with Crippen molar-refractivity contribution in [3.05, 3.63) is 0 Å². The number of ether oxygens (including phenoxy) is 4. The van der Waals surface area contributed by atoms with Gasteiger partial charge in [0.05, 0.1) is 24.9 Å². The van der Waals surface area contributed by atoms with Crippen LogP contribution in [0.15, 0.2) is 0 Å². The van der Waals surface area contributed by atoms with Crippen LogP contribution in [0.2, 0.25) is 24.2 Å². The second-order valence-corrected chi connectivity index (χ2v) is 26.4. The lowest BCUT2D eigenvalue weighted by atomic mass is 10.4. The Balaban J connectivity index is 3.79. The molecule has 264 valence electrons. The first-order chi connectivity index (χ1) is 21.3. The summed E-state index contributed by atoms with van der Waals surface area (Å²) in [6, 6.07) is 3.40. The van der Waals surface area contributed by atoms with Gasteiger partial charge in [-0.25, -0.2) is 0 Å². The van der Waals surface area contributed by atoms with Crippen molar-refractivity contribution in [3.63, 3.8) is 0 Å². The van der Waals surface area contributed by atoms with E-state index in [4.69, 9.17) is 35.4 Å². The van der Waals surface area contributed by atoms with E-state index in [1.54, 1.807) is 0 Å². The van der Waals surface area contributed by atoms with Gasteiger partial charge in [0.25, 0.3) is 0 Å². The van der Waals surface area contributed by atoms with Gasteiger partial charge in [-0.1, -0.05) is 107 Å². The molecule has 0 aromatic heterocycles. The van der Waals surface area contributed by atoms with Gasteiger partial charge in [0.15, 0.2) is 0 Å². The van der Waals surface area contributed by atoms with Crippen molar-refractivity contribution in [2.75, 3.05) is 51.3 Å². The third-order valence-electron chi connectivity index (χ3n) is 7.87. The minimum absolute atomic E-state index is 0.504. The molecule has 0 N–H and O–H groups in total. The molecule has 1 saturated heterocycles. The van der Waals surface area contributed by atoms with Crippen molar-refractivity contribution < 1.29 is 35.4 Å². The summed E-state index contributed by atoms with van der Waals surface area (Å²) < 4.78 is 56.3. The molecule has 44 heavy (non-hydrogen) atoms. The highest BCUT2D eigenvalue weighted by Crippen LogP contribution is 2.39. The van der Waals surface area contributed by atoms with Crippen molar-refractivity contribution in [2.24, 2.45) is 0 Å². The fraction of sp³-hybridized carbons (Fsp3) is 1.00. The minimum atomic E-state index is -2.95. The van der Waals surface area contributed by atoms with Gasteiger partial charge in [-0.15, -0.1) is 0 Å². The van der Waals surface area contributed by atoms with Crippen LogP contribution in [0.5, 0.6) is 0 Å². The van der Waals surface area contributed by atoms with Gasteiger partial charge in [0.1, 0.15) is 0 Å². The Labute approximate surface area is 276 Å². The summed E-state index contributed by atoms with van der Waals surface area (Å²) in [6.45, 7) is 20.6. The molecule has 0 radical (unpaired) electrons. The van der Waals surface area contributed by atoms with Crippen LogP contribution in [-0.4, -0.2) is 85.6 Å². The SMILES string of the molecule is CCCCOC[Si]1(CCC)O[Si](CCC)(COCCCC)O[Si](CCC)(COCCCC)O[Si](CCC)(COCCCC)O1. The first-order valence-electron chi connectivity index (χ1n) is 18.4. The maximum absolute atomic E-state index is 7.63. The monoisotopic (exact) mass is 696 g/mol. The summed E-state index contributed by atoms with van der Waals surface area (Å²) in [6.07, 6.45) is 14.4. The van der Waals surface area contributed by atoms with Gasteiger partial charge in [-0.3, -0.25) is 0 Å². The van der Waals surface area contributed by atoms with Crippen LogP contribution in [0.25, 0.3) is 0 Å². The van der Waals surface area contributed by atoms with Crippen LogP contribution in [-0.2, 0) is 35.4 Å². The predicted molar refractivity (Wildman–Crippen MR) is 191 cm³/mol. The highest BCUT2D eigenvalue weighted by molar-refractivity contribution is 6.95. The molecule has 1 aliphatic heterocycles. The van der Waals surface area contributed by atoms with Gasteiger partial charge >= 0.3 is 34.2 Å². The number of rotatable bonds is 28. The molecule has 1 fully saturated rings. The van der Waals surface area contributed by atoms with Gasteiger partial charge < -0.3 is 35.4 Å². The molecular weight excluding hydrogens is 625 g/mol. The van der Waals surface area contributed by atoms with Crippen LogP contribution in [0.1, 0.15) is 132 Å². The molecule has 1 aliphatic rings. The normalized spacial score (nSPS) is 27.8. The molecule has 0 bridgehead atoms. The zero-order valence-electron chi connectivity index (χ0n) is 30.2. The van der Waals surface area contributed by atoms with Crippen LogP contribution in [0.4, 0.5) is 0 Å². The number of hydrogen-bond acceptors (Lipinski definition) is 8. The first kappa shape index (κ1) is 42.6. The summed E-state index contributed by atoms with van der Waals surface area (Å²) in [5.41, 5.74) is 0. The number of unbranched alkanes of at least 4 members (excludes halogenated alkanes) is 4. The lowest BCUT2D eigenvalue weighted by Gasteiger charge is -2.53. The second kappa shape index (κ2) is 24.7. The summed E-state index contributed by atoms with van der Waals surface area (Å²) in [4.78, 5) is 0. The van der Waals surface area contributed by atoms with Gasteiger partial charge in [-0.05, 0) is 49.9 Å². The molecule has 0 spiro atoms. The Bertz CT molecular complexity index is 571. The fourth-order valence-corrected chi connectivity index (χ4v) is 29.4. The van der Waals surface area contributed by atoms with Gasteiger partial charge in [0, 0.05) is 26.4 Å². The van der Waals surface area contributed by atoms with Crippen LogP contribution < -0.4 is 0 Å².